The van der Waals surface area contributed by atoms with E-state index in [0.717, 1.165) is 0 Å². The minimum Gasteiger partial charge on any atom is -0.497 e. The molecule has 0 aliphatic rings. The number of nitrogens with one attached hydrogen (secondary N) is 2. The van der Waals surface area contributed by atoms with Gasteiger partial charge in [-0.25, -0.2) is 0 Å². The molecule has 8 heteroatoms. The molecule has 2 aromatic rings. The third kappa shape index (κ3) is 6.62. The van der Waals surface area contributed by atoms with Crippen molar-refractivity contribution in [3.8, 4) is 17.2 Å². The summed E-state index contributed by atoms with van der Waals surface area (Å²) in [6, 6.07) is 11.0. The third-order valence-electron chi connectivity index (χ3n) is 4.93. The summed E-state index contributed by atoms with van der Waals surface area (Å²) < 4.78 is 15.9. The van der Waals surface area contributed by atoms with Gasteiger partial charge in [0.15, 0.2) is 0 Å². The fourth-order valence-corrected chi connectivity index (χ4v) is 3.15. The first-order valence-electron chi connectivity index (χ1n) is 10.5. The predicted octanol–water partition coefficient (Wildman–Crippen LogP) is 2.71. The SMILES string of the molecule is CCOc1ccc(C(=O)NC(C(=O)NCC(O)c2cc(OC)ccc2OC)C(C)C)cc1. The van der Waals surface area contributed by atoms with Crippen LogP contribution in [0.3, 0.4) is 0 Å². The van der Waals surface area contributed by atoms with Crippen LogP contribution in [0.15, 0.2) is 42.5 Å². The first-order chi connectivity index (χ1) is 15.3. The van der Waals surface area contributed by atoms with Crippen molar-refractivity contribution in [3.63, 3.8) is 0 Å². The van der Waals surface area contributed by atoms with Gasteiger partial charge in [0.25, 0.3) is 5.91 Å². The van der Waals surface area contributed by atoms with E-state index in [4.69, 9.17) is 14.2 Å². The van der Waals surface area contributed by atoms with Crippen molar-refractivity contribution in [2.75, 3.05) is 27.4 Å². The second kappa shape index (κ2) is 12.0. The van der Waals surface area contributed by atoms with E-state index in [9.17, 15) is 14.7 Å². The second-order valence-corrected chi connectivity index (χ2v) is 7.52. The minimum atomic E-state index is -1.02. The molecule has 8 nitrogen and oxygen atoms in total. The van der Waals surface area contributed by atoms with Crippen LogP contribution in [0.4, 0.5) is 0 Å². The zero-order valence-electron chi connectivity index (χ0n) is 19.2. The van der Waals surface area contributed by atoms with Gasteiger partial charge in [0.1, 0.15) is 23.3 Å². The molecule has 2 rings (SSSR count). The van der Waals surface area contributed by atoms with Gasteiger partial charge in [-0.2, -0.15) is 0 Å². The Kier molecular flexibility index (Phi) is 9.34. The van der Waals surface area contributed by atoms with Crippen LogP contribution in [0.25, 0.3) is 0 Å². The number of hydrogen-bond donors (Lipinski definition) is 3. The lowest BCUT2D eigenvalue weighted by Gasteiger charge is -2.23. The fourth-order valence-electron chi connectivity index (χ4n) is 3.15. The van der Waals surface area contributed by atoms with E-state index in [2.05, 4.69) is 10.6 Å². The summed E-state index contributed by atoms with van der Waals surface area (Å²) >= 11 is 0. The van der Waals surface area contributed by atoms with Gasteiger partial charge in [-0.15, -0.1) is 0 Å². The molecule has 0 aliphatic carbocycles. The number of aliphatic hydroxyl groups excluding tert-OH is 1. The van der Waals surface area contributed by atoms with Gasteiger partial charge in [-0.3, -0.25) is 9.59 Å². The third-order valence-corrected chi connectivity index (χ3v) is 4.93. The largest absolute Gasteiger partial charge is 0.497 e. The Labute approximate surface area is 188 Å². The van der Waals surface area contributed by atoms with Gasteiger partial charge >= 0.3 is 0 Å². The van der Waals surface area contributed by atoms with Crippen LogP contribution in [0.2, 0.25) is 0 Å². The molecular weight excluding hydrogens is 412 g/mol. The summed E-state index contributed by atoms with van der Waals surface area (Å²) in [4.78, 5) is 25.4. The van der Waals surface area contributed by atoms with E-state index in [1.807, 2.05) is 20.8 Å². The number of aliphatic hydroxyl groups is 1. The highest BCUT2D eigenvalue weighted by Gasteiger charge is 2.26. The molecule has 0 fully saturated rings. The van der Waals surface area contributed by atoms with Crippen molar-refractivity contribution in [3.05, 3.63) is 53.6 Å². The number of methoxy groups -OCH3 is 2. The van der Waals surface area contributed by atoms with E-state index in [-0.39, 0.29) is 24.3 Å². The maximum Gasteiger partial charge on any atom is 0.251 e. The number of ether oxygens (including phenoxy) is 3. The lowest BCUT2D eigenvalue weighted by molar-refractivity contribution is -0.124. The molecule has 0 saturated carbocycles. The summed E-state index contributed by atoms with van der Waals surface area (Å²) in [5, 5.41) is 16.1. The average molecular weight is 445 g/mol. The molecule has 174 valence electrons. The van der Waals surface area contributed by atoms with Gasteiger partial charge in [-0.1, -0.05) is 13.8 Å². The highest BCUT2D eigenvalue weighted by molar-refractivity contribution is 5.97. The lowest BCUT2D eigenvalue weighted by atomic mass is 10.0. The summed E-state index contributed by atoms with van der Waals surface area (Å²) in [6.45, 7) is 6.04. The second-order valence-electron chi connectivity index (χ2n) is 7.52. The Bertz CT molecular complexity index is 898. The zero-order chi connectivity index (χ0) is 23.7. The maximum absolute atomic E-state index is 12.8. The fraction of sp³-hybridized carbons (Fsp3) is 0.417. The number of carbonyl (C=O) groups is 2. The quantitative estimate of drug-likeness (QED) is 0.492. The number of benzene rings is 2. The van der Waals surface area contributed by atoms with Crippen molar-refractivity contribution in [2.45, 2.75) is 32.9 Å². The maximum atomic E-state index is 12.8. The van der Waals surface area contributed by atoms with Crippen LogP contribution in [-0.4, -0.2) is 50.3 Å². The normalized spacial score (nSPS) is 12.6. The van der Waals surface area contributed by atoms with Crippen LogP contribution >= 0.6 is 0 Å². The molecule has 0 saturated heterocycles. The van der Waals surface area contributed by atoms with Gasteiger partial charge in [0.05, 0.1) is 26.9 Å². The molecule has 0 radical (unpaired) electrons. The van der Waals surface area contributed by atoms with Crippen molar-refractivity contribution in [1.29, 1.82) is 0 Å². The standard InChI is InChI=1S/C24H32N2O6/c1-6-32-17-9-7-16(8-10-17)23(28)26-22(15(2)3)24(29)25-14-20(27)19-13-18(30-4)11-12-21(19)31-5/h7-13,15,20,22,27H,6,14H2,1-5H3,(H,25,29)(H,26,28). The molecule has 0 bridgehead atoms. The molecule has 0 aromatic heterocycles. The predicted molar refractivity (Wildman–Crippen MR) is 121 cm³/mol. The van der Waals surface area contributed by atoms with Crippen LogP contribution in [0, 0.1) is 5.92 Å². The van der Waals surface area contributed by atoms with Gasteiger partial charge < -0.3 is 30.0 Å². The number of rotatable bonds is 11. The van der Waals surface area contributed by atoms with E-state index in [1.165, 1.54) is 14.2 Å². The highest BCUT2D eigenvalue weighted by Crippen LogP contribution is 2.29. The summed E-state index contributed by atoms with van der Waals surface area (Å²) in [5.41, 5.74) is 0.916. The average Bonchev–Trinajstić information content (AvgIpc) is 2.80. The van der Waals surface area contributed by atoms with Gasteiger partial charge in [0.2, 0.25) is 5.91 Å². The number of hydrogen-bond acceptors (Lipinski definition) is 6. The monoisotopic (exact) mass is 444 g/mol. The molecular formula is C24H32N2O6. The van der Waals surface area contributed by atoms with E-state index >= 15 is 0 Å². The Balaban J connectivity index is 2.03. The highest BCUT2D eigenvalue weighted by atomic mass is 16.5. The molecule has 0 heterocycles. The molecule has 2 unspecified atom stereocenters. The van der Waals surface area contributed by atoms with Crippen molar-refractivity contribution in [1.82, 2.24) is 10.6 Å². The van der Waals surface area contributed by atoms with Crippen molar-refractivity contribution < 1.29 is 28.9 Å². The number of carbonyl (C=O) groups excluding carboxylic acids is 2. The number of amides is 2. The minimum absolute atomic E-state index is 0.0511. The van der Waals surface area contributed by atoms with E-state index in [0.29, 0.717) is 35.0 Å². The van der Waals surface area contributed by atoms with Crippen LogP contribution in [0.5, 0.6) is 17.2 Å². The van der Waals surface area contributed by atoms with Gasteiger partial charge in [-0.05, 0) is 55.3 Å². The molecule has 2 atom stereocenters. The Morgan fingerprint density at radius 2 is 1.66 bits per heavy atom. The topological polar surface area (TPSA) is 106 Å². The van der Waals surface area contributed by atoms with Crippen LogP contribution in [0.1, 0.15) is 42.8 Å². The Morgan fingerprint density at radius 1 is 1.00 bits per heavy atom. The molecule has 3 N–H and O–H groups in total. The van der Waals surface area contributed by atoms with E-state index in [1.54, 1.807) is 42.5 Å². The van der Waals surface area contributed by atoms with Crippen LogP contribution in [-0.2, 0) is 4.79 Å². The summed E-state index contributed by atoms with van der Waals surface area (Å²) in [5.74, 6) is 0.803. The zero-order valence-corrected chi connectivity index (χ0v) is 19.2. The first kappa shape index (κ1) is 25.0. The Morgan fingerprint density at radius 3 is 2.22 bits per heavy atom. The van der Waals surface area contributed by atoms with E-state index < -0.39 is 12.1 Å². The molecule has 0 spiro atoms. The molecule has 0 aliphatic heterocycles. The molecule has 2 aromatic carbocycles. The van der Waals surface area contributed by atoms with Gasteiger partial charge in [0, 0.05) is 17.7 Å². The van der Waals surface area contributed by atoms with Crippen molar-refractivity contribution >= 4 is 11.8 Å². The summed E-state index contributed by atoms with van der Waals surface area (Å²) in [7, 11) is 3.03. The molecule has 2 amide bonds. The first-order valence-corrected chi connectivity index (χ1v) is 10.5. The Hall–Kier alpha value is -3.26. The van der Waals surface area contributed by atoms with Crippen molar-refractivity contribution in [2.24, 2.45) is 5.92 Å². The lowest BCUT2D eigenvalue weighted by Crippen LogP contribution is -2.50. The summed E-state index contributed by atoms with van der Waals surface area (Å²) in [6.07, 6.45) is -1.02. The van der Waals surface area contributed by atoms with Crippen LogP contribution < -0.4 is 24.8 Å². The smallest absolute Gasteiger partial charge is 0.251 e. The molecule has 32 heavy (non-hydrogen) atoms.